The Bertz CT molecular complexity index is 532. The lowest BCUT2D eigenvalue weighted by Crippen LogP contribution is -2.35. The maximum atomic E-state index is 12.7. The van der Waals surface area contributed by atoms with Crippen LogP contribution in [0.1, 0.15) is 38.3 Å². The van der Waals surface area contributed by atoms with E-state index in [-0.39, 0.29) is 11.5 Å². The first kappa shape index (κ1) is 14.5. The molecule has 2 N–H and O–H groups in total. The number of rotatable bonds is 2. The van der Waals surface area contributed by atoms with Gasteiger partial charge in [-0.2, -0.15) is 0 Å². The van der Waals surface area contributed by atoms with Gasteiger partial charge in [-0.25, -0.2) is 4.79 Å². The van der Waals surface area contributed by atoms with E-state index in [1.165, 1.54) is 0 Å². The van der Waals surface area contributed by atoms with Gasteiger partial charge in [-0.15, -0.1) is 0 Å². The molecule has 0 saturated carbocycles. The van der Waals surface area contributed by atoms with Crippen molar-refractivity contribution in [2.24, 2.45) is 0 Å². The number of benzene rings is 1. The highest BCUT2D eigenvalue weighted by Crippen LogP contribution is 2.21. The van der Waals surface area contributed by atoms with Gasteiger partial charge in [0.05, 0.1) is 11.1 Å². The molecule has 20 heavy (non-hydrogen) atoms. The second kappa shape index (κ2) is 6.05. The molecule has 1 saturated heterocycles. The Hall–Kier alpha value is -1.88. The van der Waals surface area contributed by atoms with E-state index in [1.54, 1.807) is 24.8 Å². The summed E-state index contributed by atoms with van der Waals surface area (Å²) in [4.78, 5) is 25.9. The van der Waals surface area contributed by atoms with Gasteiger partial charge in [-0.05, 0) is 37.9 Å². The molecule has 1 heterocycles. The minimum Gasteiger partial charge on any atom is -0.478 e. The van der Waals surface area contributed by atoms with Crippen molar-refractivity contribution < 1.29 is 14.7 Å². The first-order chi connectivity index (χ1) is 9.52. The molecule has 0 aliphatic carbocycles. The zero-order valence-corrected chi connectivity index (χ0v) is 11.9. The third-order valence-corrected chi connectivity index (χ3v) is 3.68. The van der Waals surface area contributed by atoms with Gasteiger partial charge >= 0.3 is 5.97 Å². The van der Waals surface area contributed by atoms with Gasteiger partial charge in [0.1, 0.15) is 0 Å². The molecule has 5 nitrogen and oxygen atoms in total. The zero-order chi connectivity index (χ0) is 14.7. The molecule has 1 aromatic carbocycles. The van der Waals surface area contributed by atoms with Crippen molar-refractivity contribution >= 4 is 11.9 Å². The lowest BCUT2D eigenvalue weighted by molar-refractivity contribution is 0.0676. The van der Waals surface area contributed by atoms with E-state index in [9.17, 15) is 14.7 Å². The Morgan fingerprint density at radius 3 is 2.40 bits per heavy atom. The van der Waals surface area contributed by atoms with E-state index >= 15 is 0 Å². The lowest BCUT2D eigenvalue weighted by Gasteiger charge is -2.22. The van der Waals surface area contributed by atoms with Crippen LogP contribution in [0.15, 0.2) is 12.1 Å². The maximum absolute atomic E-state index is 12.7. The number of nitrogens with one attached hydrogen (secondary N) is 1. The monoisotopic (exact) mass is 276 g/mol. The van der Waals surface area contributed by atoms with Crippen LogP contribution in [0.4, 0.5) is 0 Å². The van der Waals surface area contributed by atoms with Crippen LogP contribution in [0, 0.1) is 13.8 Å². The highest BCUT2D eigenvalue weighted by atomic mass is 16.4. The summed E-state index contributed by atoms with van der Waals surface area (Å²) in [6, 6.07) is 3.56. The normalized spacial score (nSPS) is 15.8. The number of carbonyl (C=O) groups excluding carboxylic acids is 1. The maximum Gasteiger partial charge on any atom is 0.336 e. The van der Waals surface area contributed by atoms with E-state index in [0.29, 0.717) is 24.2 Å². The minimum absolute atomic E-state index is 0.132. The fourth-order valence-electron chi connectivity index (χ4n) is 2.57. The summed E-state index contributed by atoms with van der Waals surface area (Å²) in [5.41, 5.74) is 1.81. The predicted molar refractivity (Wildman–Crippen MR) is 76.3 cm³/mol. The number of nitrogens with zero attached hydrogens (tertiary/aromatic N) is 1. The quantitative estimate of drug-likeness (QED) is 0.857. The minimum atomic E-state index is -1.04. The zero-order valence-electron chi connectivity index (χ0n) is 11.9. The Kier molecular flexibility index (Phi) is 4.39. The van der Waals surface area contributed by atoms with Crippen LogP contribution in [-0.4, -0.2) is 48.1 Å². The van der Waals surface area contributed by atoms with Crippen LogP contribution in [0.3, 0.4) is 0 Å². The summed E-state index contributed by atoms with van der Waals surface area (Å²) in [5.74, 6) is -1.21. The van der Waals surface area contributed by atoms with Crippen LogP contribution in [-0.2, 0) is 0 Å². The molecule has 0 atom stereocenters. The van der Waals surface area contributed by atoms with E-state index in [2.05, 4.69) is 5.32 Å². The first-order valence-electron chi connectivity index (χ1n) is 6.86. The van der Waals surface area contributed by atoms with Gasteiger partial charge in [0.25, 0.3) is 5.91 Å². The number of aryl methyl sites for hydroxylation is 2. The van der Waals surface area contributed by atoms with E-state index < -0.39 is 5.97 Å². The lowest BCUT2D eigenvalue weighted by atomic mass is 9.96. The summed E-state index contributed by atoms with van der Waals surface area (Å²) >= 11 is 0. The largest absolute Gasteiger partial charge is 0.478 e. The van der Waals surface area contributed by atoms with Gasteiger partial charge in [0.2, 0.25) is 0 Å². The Labute approximate surface area is 118 Å². The van der Waals surface area contributed by atoms with Crippen molar-refractivity contribution in [1.29, 1.82) is 0 Å². The van der Waals surface area contributed by atoms with Crippen molar-refractivity contribution in [3.8, 4) is 0 Å². The number of carboxylic acid groups (broad SMARTS) is 1. The van der Waals surface area contributed by atoms with Gasteiger partial charge in [0.15, 0.2) is 0 Å². The molecule has 108 valence electrons. The number of aromatic carboxylic acids is 1. The SMILES string of the molecule is Cc1ccc(C)c(C(=O)N2CCCNCC2)c1C(=O)O. The standard InChI is InChI=1S/C15H20N2O3/c1-10-4-5-11(2)13(15(19)20)12(10)14(18)17-8-3-6-16-7-9-17/h4-5,16H,3,6-9H2,1-2H3,(H,19,20). The second-order valence-electron chi connectivity index (χ2n) is 5.15. The number of hydrogen-bond donors (Lipinski definition) is 2. The third kappa shape index (κ3) is 2.82. The number of carbonyl (C=O) groups is 2. The topological polar surface area (TPSA) is 69.6 Å². The highest BCUT2D eigenvalue weighted by molar-refractivity contribution is 6.06. The summed E-state index contributed by atoms with van der Waals surface area (Å²) in [6.45, 7) is 6.43. The molecule has 2 rings (SSSR count). The van der Waals surface area contributed by atoms with Gasteiger partial charge in [0, 0.05) is 19.6 Å². The molecule has 5 heteroatoms. The van der Waals surface area contributed by atoms with Crippen LogP contribution >= 0.6 is 0 Å². The number of hydrogen-bond acceptors (Lipinski definition) is 3. The second-order valence-corrected chi connectivity index (χ2v) is 5.15. The average molecular weight is 276 g/mol. The van der Waals surface area contributed by atoms with Crippen molar-refractivity contribution in [2.45, 2.75) is 20.3 Å². The van der Waals surface area contributed by atoms with Crippen molar-refractivity contribution in [3.05, 3.63) is 34.4 Å². The molecule has 1 aliphatic rings. The van der Waals surface area contributed by atoms with Crippen LogP contribution in [0.5, 0.6) is 0 Å². The molecule has 0 spiro atoms. The van der Waals surface area contributed by atoms with E-state index in [0.717, 1.165) is 25.1 Å². The Balaban J connectivity index is 2.42. The van der Waals surface area contributed by atoms with E-state index in [4.69, 9.17) is 0 Å². The summed E-state index contributed by atoms with van der Waals surface area (Å²) in [6.07, 6.45) is 0.888. The molecular weight excluding hydrogens is 256 g/mol. The highest BCUT2D eigenvalue weighted by Gasteiger charge is 2.25. The van der Waals surface area contributed by atoms with Crippen LogP contribution in [0.25, 0.3) is 0 Å². The molecule has 1 fully saturated rings. The molecule has 1 aliphatic heterocycles. The molecule has 1 amide bonds. The summed E-state index contributed by atoms with van der Waals surface area (Å²) in [7, 11) is 0. The van der Waals surface area contributed by atoms with Gasteiger partial charge in [-0.1, -0.05) is 12.1 Å². The molecule has 0 aromatic heterocycles. The van der Waals surface area contributed by atoms with Gasteiger partial charge in [-0.3, -0.25) is 4.79 Å². The Morgan fingerprint density at radius 2 is 1.75 bits per heavy atom. The number of carboxylic acids is 1. The smallest absolute Gasteiger partial charge is 0.336 e. The fraction of sp³-hybridized carbons (Fsp3) is 0.467. The number of amides is 1. The van der Waals surface area contributed by atoms with Crippen molar-refractivity contribution in [3.63, 3.8) is 0 Å². The van der Waals surface area contributed by atoms with Crippen LogP contribution < -0.4 is 5.32 Å². The first-order valence-corrected chi connectivity index (χ1v) is 6.86. The third-order valence-electron chi connectivity index (χ3n) is 3.68. The fourth-order valence-corrected chi connectivity index (χ4v) is 2.57. The molecule has 0 bridgehead atoms. The van der Waals surface area contributed by atoms with Crippen molar-refractivity contribution in [1.82, 2.24) is 10.2 Å². The van der Waals surface area contributed by atoms with E-state index in [1.807, 2.05) is 6.07 Å². The Morgan fingerprint density at radius 1 is 1.10 bits per heavy atom. The average Bonchev–Trinajstić information content (AvgIpc) is 2.68. The molecular formula is C15H20N2O3. The molecule has 0 unspecified atom stereocenters. The van der Waals surface area contributed by atoms with Gasteiger partial charge < -0.3 is 15.3 Å². The van der Waals surface area contributed by atoms with Crippen molar-refractivity contribution in [2.75, 3.05) is 26.2 Å². The summed E-state index contributed by atoms with van der Waals surface area (Å²) in [5, 5.41) is 12.6. The predicted octanol–water partition coefficient (Wildman–Crippen LogP) is 1.44. The van der Waals surface area contributed by atoms with Crippen LogP contribution in [0.2, 0.25) is 0 Å². The molecule has 1 aromatic rings. The molecule has 0 radical (unpaired) electrons. The summed E-state index contributed by atoms with van der Waals surface area (Å²) < 4.78 is 0.